The summed E-state index contributed by atoms with van der Waals surface area (Å²) in [7, 11) is 0. The van der Waals surface area contributed by atoms with Gasteiger partial charge in [0.05, 0.1) is 29.7 Å². The number of halogens is 1. The van der Waals surface area contributed by atoms with Crippen molar-refractivity contribution >= 4 is 35.0 Å². The van der Waals surface area contributed by atoms with Gasteiger partial charge in [0.2, 0.25) is 23.8 Å². The molecule has 200 valence electrons. The fourth-order valence-corrected chi connectivity index (χ4v) is 5.00. The lowest BCUT2D eigenvalue weighted by atomic mass is 10.1. The number of carbonyl (C=O) groups is 1. The summed E-state index contributed by atoms with van der Waals surface area (Å²) in [5, 5.41) is 27.2. The van der Waals surface area contributed by atoms with Gasteiger partial charge in [-0.05, 0) is 37.1 Å². The van der Waals surface area contributed by atoms with Crippen LogP contribution in [0.2, 0.25) is 0 Å². The normalized spacial score (nSPS) is 18.6. The van der Waals surface area contributed by atoms with Gasteiger partial charge >= 0.3 is 0 Å². The molecular weight excluding hydrogens is 515 g/mol. The minimum absolute atomic E-state index is 0.223. The Bertz CT molecular complexity index is 1750. The van der Waals surface area contributed by atoms with Crippen molar-refractivity contribution in [1.29, 1.82) is 5.26 Å². The molecule has 14 heteroatoms. The Morgan fingerprint density at radius 3 is 2.88 bits per heavy atom. The maximum Gasteiger partial charge on any atom is 0.247 e. The topological polar surface area (TPSA) is 158 Å². The fourth-order valence-electron chi connectivity index (χ4n) is 5.00. The van der Waals surface area contributed by atoms with E-state index in [0.717, 1.165) is 18.5 Å². The second-order valence-corrected chi connectivity index (χ2v) is 9.93. The van der Waals surface area contributed by atoms with Gasteiger partial charge in [-0.1, -0.05) is 0 Å². The van der Waals surface area contributed by atoms with Gasteiger partial charge in [-0.3, -0.25) is 19.0 Å². The first-order valence-electron chi connectivity index (χ1n) is 12.8. The number of nitrogens with zero attached hydrogens (tertiary/aromatic N) is 9. The van der Waals surface area contributed by atoms with E-state index in [0.29, 0.717) is 53.5 Å². The number of fused-ring (bicyclic) bond motifs is 1. The number of anilines is 4. The summed E-state index contributed by atoms with van der Waals surface area (Å²) < 4.78 is 16.8. The molecule has 6 heterocycles. The molecule has 3 N–H and O–H groups in total. The summed E-state index contributed by atoms with van der Waals surface area (Å²) >= 11 is 0. The summed E-state index contributed by atoms with van der Waals surface area (Å²) in [5.41, 5.74) is 2.53. The summed E-state index contributed by atoms with van der Waals surface area (Å²) in [6.45, 7) is 0.372. The van der Waals surface area contributed by atoms with Gasteiger partial charge in [-0.2, -0.15) is 29.8 Å². The van der Waals surface area contributed by atoms with Crippen molar-refractivity contribution in [3.63, 3.8) is 0 Å². The third kappa shape index (κ3) is 4.47. The lowest BCUT2D eigenvalue weighted by molar-refractivity contribution is -0.117. The second kappa shape index (κ2) is 9.45. The predicted octanol–water partition coefficient (Wildman–Crippen LogP) is 3.13. The molecule has 1 saturated heterocycles. The molecule has 0 unspecified atom stereocenters. The van der Waals surface area contributed by atoms with Gasteiger partial charge in [0, 0.05) is 43.0 Å². The lowest BCUT2D eigenvalue weighted by Crippen LogP contribution is -2.40. The second-order valence-electron chi connectivity index (χ2n) is 9.93. The number of hydrogen-bond donors (Lipinski definition) is 3. The maximum absolute atomic E-state index is 13.5. The highest BCUT2D eigenvalue weighted by atomic mass is 19.1. The molecule has 13 nitrogen and oxygen atoms in total. The zero-order chi connectivity index (χ0) is 27.2. The van der Waals surface area contributed by atoms with Gasteiger partial charge in [0.1, 0.15) is 17.8 Å². The smallest absolute Gasteiger partial charge is 0.247 e. The fraction of sp³-hybridized carbons (Fsp3) is 0.269. The summed E-state index contributed by atoms with van der Waals surface area (Å²) in [6, 6.07) is 9.53. The molecule has 0 spiro atoms. The highest BCUT2D eigenvalue weighted by Gasteiger charge is 2.40. The highest BCUT2D eigenvalue weighted by Crippen LogP contribution is 2.40. The lowest BCUT2D eigenvalue weighted by Gasteiger charge is -2.24. The van der Waals surface area contributed by atoms with Crippen molar-refractivity contribution in [2.24, 2.45) is 0 Å². The summed E-state index contributed by atoms with van der Waals surface area (Å²) in [4.78, 5) is 28.5. The van der Waals surface area contributed by atoms with Crippen molar-refractivity contribution in [3.8, 4) is 6.07 Å². The van der Waals surface area contributed by atoms with Crippen molar-refractivity contribution in [1.82, 2.24) is 39.3 Å². The number of H-pyrrole nitrogens is 1. The van der Waals surface area contributed by atoms with E-state index in [-0.39, 0.29) is 11.9 Å². The Morgan fingerprint density at radius 2 is 2.10 bits per heavy atom. The number of nitrogens with one attached hydrogen (secondary N) is 3. The van der Waals surface area contributed by atoms with E-state index in [9.17, 15) is 14.4 Å². The zero-order valence-corrected chi connectivity index (χ0v) is 21.1. The van der Waals surface area contributed by atoms with Crippen LogP contribution < -0.4 is 15.5 Å². The number of nitriles is 1. The van der Waals surface area contributed by atoms with Crippen LogP contribution in [0.15, 0.2) is 55.1 Å². The third-order valence-corrected chi connectivity index (χ3v) is 7.17. The molecule has 1 amide bonds. The summed E-state index contributed by atoms with van der Waals surface area (Å²) in [5.74, 6) is 1.05. The number of amides is 1. The molecule has 1 aliphatic carbocycles. The third-order valence-electron chi connectivity index (χ3n) is 7.17. The van der Waals surface area contributed by atoms with Gasteiger partial charge in [0.25, 0.3) is 0 Å². The van der Waals surface area contributed by atoms with Crippen LogP contribution in [0.3, 0.4) is 0 Å². The van der Waals surface area contributed by atoms with E-state index >= 15 is 0 Å². The van der Waals surface area contributed by atoms with Crippen LogP contribution in [0.1, 0.15) is 42.5 Å². The van der Waals surface area contributed by atoms with E-state index in [1.165, 1.54) is 24.5 Å². The predicted molar refractivity (Wildman–Crippen MR) is 141 cm³/mol. The number of aromatic nitrogens is 8. The van der Waals surface area contributed by atoms with Crippen LogP contribution in [0.25, 0.3) is 5.65 Å². The number of carbonyl (C=O) groups excluding carboxylic acids is 1. The zero-order valence-electron chi connectivity index (χ0n) is 21.1. The Kier molecular flexibility index (Phi) is 5.62. The number of rotatable bonds is 7. The minimum atomic E-state index is -0.679. The SMILES string of the molecule is N#Cc1cnn([C@H]2C[C@@H](C(=O)Nc3ccc(F)nc3)N(c3nc(Nc4cc(C5CC5)[nH]n4)n4cccc4n3)C2)c1. The van der Waals surface area contributed by atoms with E-state index in [1.54, 1.807) is 10.9 Å². The molecule has 1 aliphatic heterocycles. The van der Waals surface area contributed by atoms with Gasteiger partial charge in [0.15, 0.2) is 5.82 Å². The van der Waals surface area contributed by atoms with E-state index < -0.39 is 12.0 Å². The monoisotopic (exact) mass is 538 g/mol. The summed E-state index contributed by atoms with van der Waals surface area (Å²) in [6.07, 6.45) is 8.96. The Hall–Kier alpha value is -5.32. The molecule has 5 aromatic heterocycles. The van der Waals surface area contributed by atoms with Crippen molar-refractivity contribution < 1.29 is 9.18 Å². The first kappa shape index (κ1) is 23.8. The molecule has 1 saturated carbocycles. The molecule has 0 aromatic carbocycles. The average molecular weight is 539 g/mol. The molecule has 2 atom stereocenters. The number of hydrogen-bond acceptors (Lipinski definition) is 9. The average Bonchev–Trinajstić information content (AvgIpc) is 3.39. The Morgan fingerprint density at radius 1 is 1.20 bits per heavy atom. The minimum Gasteiger partial charge on any atom is -0.326 e. The van der Waals surface area contributed by atoms with Crippen LogP contribution in [-0.2, 0) is 4.79 Å². The molecule has 2 aliphatic rings. The van der Waals surface area contributed by atoms with E-state index in [1.807, 2.05) is 33.7 Å². The first-order chi connectivity index (χ1) is 19.5. The van der Waals surface area contributed by atoms with Crippen LogP contribution >= 0.6 is 0 Å². The van der Waals surface area contributed by atoms with Gasteiger partial charge < -0.3 is 15.5 Å². The van der Waals surface area contributed by atoms with Crippen LogP contribution in [0.5, 0.6) is 0 Å². The Balaban J connectivity index is 1.23. The highest BCUT2D eigenvalue weighted by molar-refractivity contribution is 5.97. The van der Waals surface area contributed by atoms with Crippen LogP contribution in [0.4, 0.5) is 27.8 Å². The first-order valence-corrected chi connectivity index (χ1v) is 12.8. The molecule has 0 radical (unpaired) electrons. The largest absolute Gasteiger partial charge is 0.326 e. The van der Waals surface area contributed by atoms with Gasteiger partial charge in [-0.25, -0.2) is 4.98 Å². The van der Waals surface area contributed by atoms with Crippen molar-refractivity contribution in [3.05, 3.63) is 72.3 Å². The van der Waals surface area contributed by atoms with E-state index in [2.05, 4.69) is 37.0 Å². The molecule has 40 heavy (non-hydrogen) atoms. The number of aromatic amines is 1. The quantitative estimate of drug-likeness (QED) is 0.265. The Labute approximate surface area is 226 Å². The van der Waals surface area contributed by atoms with Crippen molar-refractivity contribution in [2.45, 2.75) is 37.3 Å². The van der Waals surface area contributed by atoms with Gasteiger partial charge in [-0.15, -0.1) is 0 Å². The van der Waals surface area contributed by atoms with Crippen LogP contribution in [0, 0.1) is 17.3 Å². The number of pyridine rings is 1. The molecular formula is C26H23FN12O. The maximum atomic E-state index is 13.5. The van der Waals surface area contributed by atoms with Crippen LogP contribution in [-0.4, -0.2) is 57.8 Å². The molecule has 2 fully saturated rings. The standard InChI is InChI=1S/C26H23FN12O/c27-21-6-5-17(12-29-21)31-24(40)20-8-18(39-13-15(10-28)11-30-39)14-38(20)26-33-23-2-1-7-37(23)25(34-26)32-22-9-19(35-36-22)16-3-4-16/h1-2,5-7,9,11-13,16,18,20H,3-4,8,14H2,(H,31,40)(H2,32,33,34,35,36)/t18-,20-/m0/s1. The molecule has 5 aromatic rings. The van der Waals surface area contributed by atoms with E-state index in [4.69, 9.17) is 9.97 Å². The van der Waals surface area contributed by atoms with Crippen molar-refractivity contribution in [2.75, 3.05) is 22.1 Å². The molecule has 0 bridgehead atoms. The molecule has 7 rings (SSSR count).